The Kier molecular flexibility index (Phi) is 7.48. The maximum atomic E-state index is 9.52. The molecule has 2 aromatic carbocycles. The molecule has 3 heterocycles. The van der Waals surface area contributed by atoms with E-state index in [-0.39, 0.29) is 6.04 Å². The fourth-order valence-electron chi connectivity index (χ4n) is 6.37. The third-order valence-corrected chi connectivity index (χ3v) is 8.60. The molecule has 40 heavy (non-hydrogen) atoms. The summed E-state index contributed by atoms with van der Waals surface area (Å²) in [7, 11) is 4.26. The zero-order chi connectivity index (χ0) is 27.6. The van der Waals surface area contributed by atoms with Gasteiger partial charge in [-0.15, -0.1) is 0 Å². The van der Waals surface area contributed by atoms with Crippen LogP contribution in [0.1, 0.15) is 31.0 Å². The van der Waals surface area contributed by atoms with E-state index in [4.69, 9.17) is 14.7 Å². The summed E-state index contributed by atoms with van der Waals surface area (Å²) in [5, 5.41) is 12.0. The van der Waals surface area contributed by atoms with Crippen molar-refractivity contribution in [2.75, 3.05) is 56.7 Å². The highest BCUT2D eigenvalue weighted by molar-refractivity contribution is 5.94. The lowest BCUT2D eigenvalue weighted by molar-refractivity contribution is 0.245. The molecule has 0 spiro atoms. The van der Waals surface area contributed by atoms with Crippen LogP contribution >= 0.6 is 0 Å². The van der Waals surface area contributed by atoms with E-state index in [1.54, 1.807) is 0 Å². The van der Waals surface area contributed by atoms with Crippen molar-refractivity contribution in [1.82, 2.24) is 19.8 Å². The smallest absolute Gasteiger partial charge is 0.318 e. The molecule has 1 saturated heterocycles. The Morgan fingerprint density at radius 3 is 2.73 bits per heavy atom. The number of hydrogen-bond donors (Lipinski definition) is 0. The van der Waals surface area contributed by atoms with Gasteiger partial charge in [0.1, 0.15) is 5.82 Å². The molecule has 8 heteroatoms. The average molecular weight is 538 g/mol. The molecule has 2 unspecified atom stereocenters. The number of nitriles is 1. The van der Waals surface area contributed by atoms with E-state index in [0.717, 1.165) is 57.1 Å². The van der Waals surface area contributed by atoms with Gasteiger partial charge in [-0.25, -0.2) is 0 Å². The highest BCUT2D eigenvalue weighted by atomic mass is 16.5. The van der Waals surface area contributed by atoms with Crippen molar-refractivity contribution in [3.63, 3.8) is 0 Å². The molecule has 1 aliphatic carbocycles. The van der Waals surface area contributed by atoms with Crippen LogP contribution in [-0.2, 0) is 13.0 Å². The highest BCUT2D eigenvalue weighted by Crippen LogP contribution is 2.37. The van der Waals surface area contributed by atoms with Crippen LogP contribution < -0.4 is 14.5 Å². The third-order valence-electron chi connectivity index (χ3n) is 8.60. The number of nitrogens with zero attached hydrogens (tertiary/aromatic N) is 7. The molecule has 3 atom stereocenters. The SMILES string of the molecule is CC=CN1CCN(c2nc(OCC3CC3N(C)C)nc3c2CCN(c2cccc4ccccc24)C3)C[C@@H]1CC#N. The van der Waals surface area contributed by atoms with Crippen LogP contribution in [0.5, 0.6) is 6.01 Å². The minimum Gasteiger partial charge on any atom is -0.463 e. The van der Waals surface area contributed by atoms with Crippen molar-refractivity contribution in [1.29, 1.82) is 5.26 Å². The lowest BCUT2D eigenvalue weighted by Gasteiger charge is -2.42. The molecule has 1 saturated carbocycles. The molecule has 208 valence electrons. The first-order valence-electron chi connectivity index (χ1n) is 14.5. The van der Waals surface area contributed by atoms with E-state index in [1.807, 2.05) is 6.92 Å². The number of benzene rings is 2. The Balaban J connectivity index is 1.31. The monoisotopic (exact) mass is 537 g/mol. The largest absolute Gasteiger partial charge is 0.463 e. The molecule has 2 fully saturated rings. The van der Waals surface area contributed by atoms with E-state index in [0.29, 0.717) is 31.0 Å². The number of allylic oxidation sites excluding steroid dienone is 1. The topological polar surface area (TPSA) is 71.8 Å². The first-order chi connectivity index (χ1) is 19.6. The number of piperazine rings is 1. The summed E-state index contributed by atoms with van der Waals surface area (Å²) >= 11 is 0. The number of anilines is 2. The second kappa shape index (κ2) is 11.3. The summed E-state index contributed by atoms with van der Waals surface area (Å²) in [4.78, 5) is 19.4. The summed E-state index contributed by atoms with van der Waals surface area (Å²) < 4.78 is 6.29. The Hall–Kier alpha value is -3.83. The van der Waals surface area contributed by atoms with Crippen LogP contribution in [0.3, 0.4) is 0 Å². The van der Waals surface area contributed by atoms with Gasteiger partial charge >= 0.3 is 6.01 Å². The third kappa shape index (κ3) is 5.31. The van der Waals surface area contributed by atoms with Gasteiger partial charge in [-0.2, -0.15) is 15.2 Å². The van der Waals surface area contributed by atoms with Crippen LogP contribution in [-0.4, -0.2) is 78.7 Å². The summed E-state index contributed by atoms with van der Waals surface area (Å²) in [6.45, 7) is 6.78. The van der Waals surface area contributed by atoms with Crippen LogP contribution in [0.2, 0.25) is 0 Å². The van der Waals surface area contributed by atoms with Gasteiger partial charge in [0.15, 0.2) is 0 Å². The molecule has 0 bridgehead atoms. The zero-order valence-corrected chi connectivity index (χ0v) is 23.8. The van der Waals surface area contributed by atoms with Crippen molar-refractivity contribution in [2.24, 2.45) is 5.92 Å². The van der Waals surface area contributed by atoms with Crippen molar-refractivity contribution in [2.45, 2.75) is 44.8 Å². The summed E-state index contributed by atoms with van der Waals surface area (Å²) in [6.07, 6.45) is 6.68. The van der Waals surface area contributed by atoms with Gasteiger partial charge in [-0.05, 0) is 51.5 Å². The first-order valence-corrected chi connectivity index (χ1v) is 14.5. The van der Waals surface area contributed by atoms with Crippen molar-refractivity contribution < 1.29 is 4.74 Å². The minimum absolute atomic E-state index is 0.132. The van der Waals surface area contributed by atoms with Crippen molar-refractivity contribution in [3.8, 4) is 12.1 Å². The van der Waals surface area contributed by atoms with E-state index < -0.39 is 0 Å². The molecular weight excluding hydrogens is 498 g/mol. The predicted molar refractivity (Wildman–Crippen MR) is 160 cm³/mol. The van der Waals surface area contributed by atoms with Gasteiger partial charge < -0.3 is 24.3 Å². The average Bonchev–Trinajstić information content (AvgIpc) is 3.76. The maximum Gasteiger partial charge on any atom is 0.318 e. The van der Waals surface area contributed by atoms with E-state index >= 15 is 0 Å². The van der Waals surface area contributed by atoms with Gasteiger partial charge in [-0.1, -0.05) is 42.5 Å². The molecule has 6 rings (SSSR count). The molecular formula is C32H39N7O. The van der Waals surface area contributed by atoms with Gasteiger partial charge in [0, 0.05) is 54.8 Å². The maximum absolute atomic E-state index is 9.52. The normalized spacial score (nSPS) is 22.6. The molecule has 3 aliphatic rings. The van der Waals surface area contributed by atoms with Gasteiger partial charge in [0.2, 0.25) is 0 Å². The Morgan fingerprint density at radius 2 is 1.93 bits per heavy atom. The lowest BCUT2D eigenvalue weighted by atomic mass is 10.0. The molecule has 0 radical (unpaired) electrons. The zero-order valence-electron chi connectivity index (χ0n) is 23.8. The summed E-state index contributed by atoms with van der Waals surface area (Å²) in [5.41, 5.74) is 3.51. The molecule has 8 nitrogen and oxygen atoms in total. The fourth-order valence-corrected chi connectivity index (χ4v) is 6.37. The molecule has 0 N–H and O–H groups in total. The second-order valence-corrected chi connectivity index (χ2v) is 11.4. The van der Waals surface area contributed by atoms with Gasteiger partial charge in [0.05, 0.1) is 37.4 Å². The second-order valence-electron chi connectivity index (χ2n) is 11.4. The number of rotatable bonds is 8. The van der Waals surface area contributed by atoms with Crippen LogP contribution in [0.4, 0.5) is 11.5 Å². The predicted octanol–water partition coefficient (Wildman–Crippen LogP) is 4.46. The van der Waals surface area contributed by atoms with Crippen molar-refractivity contribution >= 4 is 22.3 Å². The highest BCUT2D eigenvalue weighted by Gasteiger charge is 2.39. The fraction of sp³-hybridized carbons (Fsp3) is 0.469. The molecule has 1 aromatic heterocycles. The molecule has 0 amide bonds. The van der Waals surface area contributed by atoms with E-state index in [2.05, 4.69) is 94.5 Å². The Labute approximate surface area is 237 Å². The Morgan fingerprint density at radius 1 is 1.07 bits per heavy atom. The minimum atomic E-state index is 0.132. The number of ether oxygens (including phenoxy) is 1. The summed E-state index contributed by atoms with van der Waals surface area (Å²) in [5.74, 6) is 1.51. The van der Waals surface area contributed by atoms with Crippen LogP contribution in [0.25, 0.3) is 10.8 Å². The quantitative estimate of drug-likeness (QED) is 0.417. The number of fused-ring (bicyclic) bond motifs is 2. The van der Waals surface area contributed by atoms with Crippen LogP contribution in [0, 0.1) is 17.2 Å². The Bertz CT molecular complexity index is 1430. The lowest BCUT2D eigenvalue weighted by Crippen LogP contribution is -2.51. The van der Waals surface area contributed by atoms with Crippen molar-refractivity contribution in [3.05, 3.63) is 66.0 Å². The van der Waals surface area contributed by atoms with E-state index in [1.165, 1.54) is 22.0 Å². The number of hydrogen-bond acceptors (Lipinski definition) is 8. The first kappa shape index (κ1) is 26.4. The standard InChI is InChI=1S/C32H39N7O/c1-4-15-37-17-18-39(20-25(37)12-14-33)31-27-13-16-38(29-11-7-9-23-8-5-6-10-26(23)29)21-28(27)34-32(35-31)40-22-24-19-30(24)36(2)3/h4-11,15,24-25,30H,12-13,16-22H2,1-3H3/t24?,25-,30?/m0/s1. The van der Waals surface area contributed by atoms with Gasteiger partial charge in [0.25, 0.3) is 0 Å². The summed E-state index contributed by atoms with van der Waals surface area (Å²) in [6, 6.07) is 18.7. The molecule has 2 aliphatic heterocycles. The molecule has 3 aromatic rings. The van der Waals surface area contributed by atoms with E-state index in [9.17, 15) is 5.26 Å². The van der Waals surface area contributed by atoms with Crippen LogP contribution in [0.15, 0.2) is 54.7 Å². The number of aromatic nitrogens is 2. The van der Waals surface area contributed by atoms with Gasteiger partial charge in [-0.3, -0.25) is 0 Å².